The van der Waals surface area contributed by atoms with Crippen LogP contribution in [0.5, 0.6) is 5.75 Å². The third-order valence-corrected chi connectivity index (χ3v) is 4.89. The fourth-order valence-electron chi connectivity index (χ4n) is 2.57. The SMILES string of the molecule is CCCCOc1ccccc1NC(=O)c1ccc(-n2ncc(Cl)c(Cl)c2=O)cc1. The van der Waals surface area contributed by atoms with Crippen LogP contribution in [0.1, 0.15) is 30.1 Å². The molecule has 0 aliphatic rings. The van der Waals surface area contributed by atoms with Crippen LogP contribution in [0.15, 0.2) is 59.5 Å². The number of amides is 1. The van der Waals surface area contributed by atoms with E-state index in [-0.39, 0.29) is 16.0 Å². The minimum absolute atomic E-state index is 0.0868. The Hall–Kier alpha value is -2.83. The van der Waals surface area contributed by atoms with Crippen LogP contribution < -0.4 is 15.6 Å². The second-order valence-corrected chi connectivity index (χ2v) is 7.01. The molecule has 0 saturated carbocycles. The van der Waals surface area contributed by atoms with Crippen LogP contribution in [0.2, 0.25) is 10.0 Å². The maximum atomic E-state index is 12.6. The fourth-order valence-corrected chi connectivity index (χ4v) is 2.82. The van der Waals surface area contributed by atoms with Crippen LogP contribution in [0.4, 0.5) is 5.69 Å². The van der Waals surface area contributed by atoms with Gasteiger partial charge in [-0.1, -0.05) is 48.7 Å². The lowest BCUT2D eigenvalue weighted by Gasteiger charge is -2.12. The van der Waals surface area contributed by atoms with Gasteiger partial charge in [-0.05, 0) is 42.8 Å². The van der Waals surface area contributed by atoms with Crippen molar-refractivity contribution in [1.82, 2.24) is 9.78 Å². The van der Waals surface area contributed by atoms with Crippen molar-refractivity contribution in [2.24, 2.45) is 0 Å². The van der Waals surface area contributed by atoms with Gasteiger partial charge in [0.05, 0.1) is 29.2 Å². The van der Waals surface area contributed by atoms with Gasteiger partial charge < -0.3 is 10.1 Å². The van der Waals surface area contributed by atoms with Crippen molar-refractivity contribution < 1.29 is 9.53 Å². The molecule has 0 atom stereocenters. The van der Waals surface area contributed by atoms with Gasteiger partial charge in [0.25, 0.3) is 11.5 Å². The number of carbonyl (C=O) groups is 1. The Morgan fingerprint density at radius 1 is 1.14 bits per heavy atom. The Morgan fingerprint density at radius 3 is 2.59 bits per heavy atom. The van der Waals surface area contributed by atoms with Crippen molar-refractivity contribution >= 4 is 34.8 Å². The standard InChI is InChI=1S/C21H19Cl2N3O3/c1-2-3-12-29-18-7-5-4-6-17(18)25-20(27)14-8-10-15(11-9-14)26-21(28)19(23)16(22)13-24-26/h4-11,13H,2-3,12H2,1H3,(H,25,27). The number of carbonyl (C=O) groups excluding carboxylic acids is 1. The van der Waals surface area contributed by atoms with E-state index in [4.69, 9.17) is 27.9 Å². The molecule has 0 fully saturated rings. The summed E-state index contributed by atoms with van der Waals surface area (Å²) in [6, 6.07) is 13.7. The number of ether oxygens (including phenoxy) is 1. The molecule has 150 valence electrons. The quantitative estimate of drug-likeness (QED) is 0.535. The van der Waals surface area contributed by atoms with Gasteiger partial charge in [-0.25, -0.2) is 0 Å². The highest BCUT2D eigenvalue weighted by Crippen LogP contribution is 2.25. The molecule has 0 radical (unpaired) electrons. The molecule has 1 aromatic heterocycles. The van der Waals surface area contributed by atoms with Crippen LogP contribution in [0.25, 0.3) is 5.69 Å². The average molecular weight is 432 g/mol. The van der Waals surface area contributed by atoms with Crippen LogP contribution in [-0.4, -0.2) is 22.3 Å². The zero-order valence-electron chi connectivity index (χ0n) is 15.7. The van der Waals surface area contributed by atoms with Crippen molar-refractivity contribution in [3.8, 4) is 11.4 Å². The smallest absolute Gasteiger partial charge is 0.291 e. The van der Waals surface area contributed by atoms with Crippen molar-refractivity contribution in [2.75, 3.05) is 11.9 Å². The van der Waals surface area contributed by atoms with Gasteiger partial charge in [0.2, 0.25) is 0 Å². The van der Waals surface area contributed by atoms with E-state index in [0.29, 0.717) is 29.3 Å². The molecule has 1 heterocycles. The molecule has 3 rings (SSSR count). The summed E-state index contributed by atoms with van der Waals surface area (Å²) in [6.45, 7) is 2.67. The van der Waals surface area contributed by atoms with Gasteiger partial charge in [-0.2, -0.15) is 9.78 Å². The lowest BCUT2D eigenvalue weighted by Crippen LogP contribution is -2.21. The van der Waals surface area contributed by atoms with Crippen LogP contribution in [0.3, 0.4) is 0 Å². The molecular formula is C21H19Cl2N3O3. The van der Waals surface area contributed by atoms with Crippen LogP contribution >= 0.6 is 23.2 Å². The summed E-state index contributed by atoms with van der Waals surface area (Å²) in [5.41, 5.74) is 0.952. The topological polar surface area (TPSA) is 73.2 Å². The number of unbranched alkanes of at least 4 members (excludes halogenated alkanes) is 1. The van der Waals surface area contributed by atoms with Crippen molar-refractivity contribution in [1.29, 1.82) is 0 Å². The van der Waals surface area contributed by atoms with Gasteiger partial charge in [0, 0.05) is 5.56 Å². The second kappa shape index (κ2) is 9.58. The number of nitrogens with one attached hydrogen (secondary N) is 1. The van der Waals surface area contributed by atoms with Gasteiger partial charge in [-0.15, -0.1) is 0 Å². The minimum atomic E-state index is -0.533. The molecule has 0 spiro atoms. The van der Waals surface area contributed by atoms with Crippen molar-refractivity contribution in [2.45, 2.75) is 19.8 Å². The van der Waals surface area contributed by atoms with E-state index in [1.165, 1.54) is 6.20 Å². The molecule has 29 heavy (non-hydrogen) atoms. The predicted octanol–water partition coefficient (Wildman–Crippen LogP) is 4.97. The molecule has 1 N–H and O–H groups in total. The normalized spacial score (nSPS) is 10.6. The maximum Gasteiger partial charge on any atom is 0.291 e. The Morgan fingerprint density at radius 2 is 1.86 bits per heavy atom. The van der Waals surface area contributed by atoms with E-state index in [2.05, 4.69) is 17.3 Å². The number of benzene rings is 2. The predicted molar refractivity (Wildman–Crippen MR) is 115 cm³/mol. The first-order valence-corrected chi connectivity index (χ1v) is 9.83. The van der Waals surface area contributed by atoms with Gasteiger partial charge in [-0.3, -0.25) is 9.59 Å². The van der Waals surface area contributed by atoms with E-state index < -0.39 is 5.56 Å². The van der Waals surface area contributed by atoms with Crippen molar-refractivity contribution in [3.63, 3.8) is 0 Å². The van der Waals surface area contributed by atoms with Gasteiger partial charge in [0.1, 0.15) is 10.8 Å². The third kappa shape index (κ3) is 4.96. The molecule has 1 amide bonds. The number of hydrogen-bond donors (Lipinski definition) is 1. The Bertz CT molecular complexity index is 1070. The molecule has 3 aromatic rings. The van der Waals surface area contributed by atoms with E-state index in [0.717, 1.165) is 17.5 Å². The number of nitrogens with zero attached hydrogens (tertiary/aromatic N) is 2. The van der Waals surface area contributed by atoms with E-state index >= 15 is 0 Å². The summed E-state index contributed by atoms with van der Waals surface area (Å²) >= 11 is 11.7. The highest BCUT2D eigenvalue weighted by molar-refractivity contribution is 6.41. The highest BCUT2D eigenvalue weighted by atomic mass is 35.5. The largest absolute Gasteiger partial charge is 0.491 e. The number of para-hydroxylation sites is 2. The minimum Gasteiger partial charge on any atom is -0.491 e. The summed E-state index contributed by atoms with van der Waals surface area (Å²) in [6.07, 6.45) is 3.25. The summed E-state index contributed by atoms with van der Waals surface area (Å²) in [5.74, 6) is 0.329. The summed E-state index contributed by atoms with van der Waals surface area (Å²) < 4.78 is 6.86. The first-order chi connectivity index (χ1) is 14.0. The summed E-state index contributed by atoms with van der Waals surface area (Å²) in [7, 11) is 0. The number of anilines is 1. The van der Waals surface area contributed by atoms with E-state index in [1.807, 2.05) is 18.2 Å². The van der Waals surface area contributed by atoms with E-state index in [1.54, 1.807) is 30.3 Å². The Balaban J connectivity index is 1.77. The molecule has 0 saturated heterocycles. The molecule has 0 unspecified atom stereocenters. The molecule has 0 bridgehead atoms. The number of aromatic nitrogens is 2. The molecular weight excluding hydrogens is 413 g/mol. The molecule has 8 heteroatoms. The van der Waals surface area contributed by atoms with Crippen LogP contribution in [0, 0.1) is 0 Å². The first kappa shape index (κ1) is 20.9. The monoisotopic (exact) mass is 431 g/mol. The zero-order valence-corrected chi connectivity index (χ0v) is 17.2. The first-order valence-electron chi connectivity index (χ1n) is 9.08. The Labute approximate surface area is 178 Å². The van der Waals surface area contributed by atoms with Gasteiger partial charge in [0.15, 0.2) is 0 Å². The zero-order chi connectivity index (χ0) is 20.8. The molecule has 6 nitrogen and oxygen atoms in total. The summed E-state index contributed by atoms with van der Waals surface area (Å²) in [4.78, 5) is 24.8. The molecule has 0 aliphatic carbocycles. The third-order valence-electron chi connectivity index (χ3n) is 4.14. The Kier molecular flexibility index (Phi) is 6.90. The maximum absolute atomic E-state index is 12.6. The summed E-state index contributed by atoms with van der Waals surface area (Å²) in [5, 5.41) is 6.80. The van der Waals surface area contributed by atoms with Crippen LogP contribution in [-0.2, 0) is 0 Å². The van der Waals surface area contributed by atoms with E-state index in [9.17, 15) is 9.59 Å². The lowest BCUT2D eigenvalue weighted by atomic mass is 10.2. The highest BCUT2D eigenvalue weighted by Gasteiger charge is 2.12. The molecule has 0 aliphatic heterocycles. The fraction of sp³-hybridized carbons (Fsp3) is 0.190. The van der Waals surface area contributed by atoms with Gasteiger partial charge >= 0.3 is 0 Å². The number of hydrogen-bond acceptors (Lipinski definition) is 4. The lowest BCUT2D eigenvalue weighted by molar-refractivity contribution is 0.102. The second-order valence-electron chi connectivity index (χ2n) is 6.22. The number of rotatable bonds is 7. The van der Waals surface area contributed by atoms with Crippen molar-refractivity contribution in [3.05, 3.63) is 80.7 Å². The number of halogens is 2. The average Bonchev–Trinajstić information content (AvgIpc) is 2.74. The molecule has 2 aromatic carbocycles.